The smallest absolute Gasteiger partial charge is 0.246 e. The second-order valence-electron chi connectivity index (χ2n) is 11.0. The molecule has 3 fully saturated rings. The fourth-order valence-corrected chi connectivity index (χ4v) is 5.90. The molecular formula is C24H32N4O6. The third kappa shape index (κ3) is 3.54. The molecule has 0 aliphatic carbocycles. The highest BCUT2D eigenvalue weighted by atomic mass is 16.5. The normalized spacial score (nSPS) is 36.3. The minimum Gasteiger partial charge on any atom is -0.376 e. The Balaban J connectivity index is 1.51. The average molecular weight is 473 g/mol. The molecule has 1 aromatic rings. The summed E-state index contributed by atoms with van der Waals surface area (Å²) in [5.74, 6) is -1.81. The molecule has 34 heavy (non-hydrogen) atoms. The van der Waals surface area contributed by atoms with Crippen LogP contribution in [0.25, 0.3) is 0 Å². The van der Waals surface area contributed by atoms with Gasteiger partial charge in [0.25, 0.3) is 0 Å². The molecule has 3 amide bonds. The maximum Gasteiger partial charge on any atom is 0.246 e. The summed E-state index contributed by atoms with van der Waals surface area (Å²) >= 11 is 0. The maximum absolute atomic E-state index is 13.9. The number of carbonyl (C=O) groups excluding carboxylic acids is 3. The second kappa shape index (κ2) is 7.64. The second-order valence-corrected chi connectivity index (χ2v) is 11.0. The van der Waals surface area contributed by atoms with Gasteiger partial charge in [-0.2, -0.15) is 0 Å². The first-order chi connectivity index (χ1) is 15.9. The number of ether oxygens (including phenoxy) is 2. The molecule has 6 atom stereocenters. The maximum atomic E-state index is 13.9. The molecule has 10 nitrogen and oxygen atoms in total. The van der Waals surface area contributed by atoms with Gasteiger partial charge in [0, 0.05) is 24.8 Å². The summed E-state index contributed by atoms with van der Waals surface area (Å²) < 4.78 is 17.3. The third-order valence-corrected chi connectivity index (χ3v) is 7.13. The fourth-order valence-electron chi connectivity index (χ4n) is 5.90. The molecule has 0 saturated carbocycles. The molecule has 2 N–H and O–H groups in total. The molecule has 3 saturated heterocycles. The van der Waals surface area contributed by atoms with Gasteiger partial charge in [0.15, 0.2) is 5.82 Å². The number of nitrogens with zero attached hydrogens (tertiary/aromatic N) is 2. The van der Waals surface area contributed by atoms with Crippen LogP contribution in [0.15, 0.2) is 22.7 Å². The van der Waals surface area contributed by atoms with Gasteiger partial charge in [-0.25, -0.2) is 0 Å². The Labute approximate surface area is 198 Å². The number of aromatic nitrogens is 1. The number of fused-ring (bicyclic) bond motifs is 1. The summed E-state index contributed by atoms with van der Waals surface area (Å²) in [5, 5.41) is 9.62. The molecule has 2 bridgehead atoms. The van der Waals surface area contributed by atoms with Gasteiger partial charge in [0.05, 0.1) is 23.5 Å². The van der Waals surface area contributed by atoms with Crippen molar-refractivity contribution < 1.29 is 28.4 Å². The van der Waals surface area contributed by atoms with Crippen LogP contribution in [0.3, 0.4) is 0 Å². The van der Waals surface area contributed by atoms with Crippen molar-refractivity contribution in [3.8, 4) is 0 Å². The van der Waals surface area contributed by atoms with Crippen molar-refractivity contribution in [2.24, 2.45) is 11.8 Å². The summed E-state index contributed by atoms with van der Waals surface area (Å²) in [7, 11) is 0. The van der Waals surface area contributed by atoms with Crippen LogP contribution in [0, 0.1) is 18.8 Å². The number of nitrogens with one attached hydrogen (secondary N) is 2. The molecule has 0 aromatic carbocycles. The Bertz CT molecular complexity index is 1050. The Kier molecular flexibility index (Phi) is 5.18. The number of aryl methyl sites for hydroxylation is 1. The van der Waals surface area contributed by atoms with Gasteiger partial charge >= 0.3 is 0 Å². The van der Waals surface area contributed by atoms with Crippen molar-refractivity contribution in [1.29, 1.82) is 0 Å². The zero-order valence-corrected chi connectivity index (χ0v) is 20.2. The van der Waals surface area contributed by atoms with E-state index in [1.807, 2.05) is 32.9 Å². The third-order valence-electron chi connectivity index (χ3n) is 7.13. The van der Waals surface area contributed by atoms with E-state index in [9.17, 15) is 14.4 Å². The standard InChI is InChI=1S/C24H32N4O6/c1-13-11-15(27-33-13)25-19(29)16-17-21(31)28(12-14-7-6-10-32-14)18(20(30)26-22(2,3)4)24(17)9-8-23(16,5)34-24/h8-9,11,14,16-18H,6-7,10,12H2,1-5H3,(H,26,30)(H,25,27,29)/t14-,16-,17+,18+,23-,24+/m0/s1. The zero-order valence-electron chi connectivity index (χ0n) is 20.2. The van der Waals surface area contributed by atoms with E-state index in [2.05, 4.69) is 15.8 Å². The topological polar surface area (TPSA) is 123 Å². The van der Waals surface area contributed by atoms with Crippen LogP contribution in [-0.4, -0.2) is 69.8 Å². The SMILES string of the molecule is Cc1cc(NC(=O)[C@@H]2[C@@H]3C(=O)N(C[C@@H]4CCCO4)[C@H](C(=O)NC(C)(C)C)[C@@]34C=C[C@]2(C)O4)no1. The number of carbonyl (C=O) groups is 3. The van der Waals surface area contributed by atoms with Crippen molar-refractivity contribution >= 4 is 23.5 Å². The van der Waals surface area contributed by atoms with Gasteiger partial charge in [-0.3, -0.25) is 14.4 Å². The van der Waals surface area contributed by atoms with Gasteiger partial charge in [-0.1, -0.05) is 17.3 Å². The lowest BCUT2D eigenvalue weighted by molar-refractivity contribution is -0.146. The van der Waals surface area contributed by atoms with E-state index in [1.165, 1.54) is 0 Å². The quantitative estimate of drug-likeness (QED) is 0.624. The minimum atomic E-state index is -1.23. The van der Waals surface area contributed by atoms with Crippen LogP contribution in [0.2, 0.25) is 0 Å². The molecule has 1 aromatic heterocycles. The van der Waals surface area contributed by atoms with Gasteiger partial charge in [0.1, 0.15) is 17.4 Å². The lowest BCUT2D eigenvalue weighted by Gasteiger charge is -2.35. The summed E-state index contributed by atoms with van der Waals surface area (Å²) in [6.07, 6.45) is 5.20. The summed E-state index contributed by atoms with van der Waals surface area (Å²) in [4.78, 5) is 42.5. The van der Waals surface area contributed by atoms with E-state index in [4.69, 9.17) is 14.0 Å². The molecule has 184 valence electrons. The van der Waals surface area contributed by atoms with E-state index in [0.717, 1.165) is 12.8 Å². The molecule has 10 heteroatoms. The highest BCUT2D eigenvalue weighted by Crippen LogP contribution is 2.59. The van der Waals surface area contributed by atoms with Crippen LogP contribution in [0.5, 0.6) is 0 Å². The Morgan fingerprint density at radius 1 is 1.26 bits per heavy atom. The first-order valence-electron chi connectivity index (χ1n) is 11.8. The average Bonchev–Trinajstić information content (AvgIpc) is 3.50. The van der Waals surface area contributed by atoms with E-state index in [0.29, 0.717) is 12.4 Å². The lowest BCUT2D eigenvalue weighted by atomic mass is 9.70. The molecule has 4 aliphatic rings. The minimum absolute atomic E-state index is 0.147. The molecule has 4 aliphatic heterocycles. The molecular weight excluding hydrogens is 440 g/mol. The van der Waals surface area contributed by atoms with Crippen LogP contribution in [0.1, 0.15) is 46.3 Å². The monoisotopic (exact) mass is 472 g/mol. The van der Waals surface area contributed by atoms with Gasteiger partial charge in [0.2, 0.25) is 17.7 Å². The number of hydrogen-bond acceptors (Lipinski definition) is 7. The first-order valence-corrected chi connectivity index (χ1v) is 11.8. The highest BCUT2D eigenvalue weighted by Gasteiger charge is 2.76. The Morgan fingerprint density at radius 3 is 2.65 bits per heavy atom. The van der Waals surface area contributed by atoms with Crippen molar-refractivity contribution in [3.05, 3.63) is 24.0 Å². The molecule has 5 rings (SSSR count). The van der Waals surface area contributed by atoms with Crippen molar-refractivity contribution in [2.45, 2.75) is 76.3 Å². The van der Waals surface area contributed by atoms with Crippen LogP contribution >= 0.6 is 0 Å². The first kappa shape index (κ1) is 23.0. The highest BCUT2D eigenvalue weighted by molar-refractivity contribution is 6.03. The molecule has 0 radical (unpaired) electrons. The van der Waals surface area contributed by atoms with Crippen LogP contribution in [-0.2, 0) is 23.9 Å². The van der Waals surface area contributed by atoms with Crippen molar-refractivity contribution in [3.63, 3.8) is 0 Å². The van der Waals surface area contributed by atoms with E-state index in [1.54, 1.807) is 24.8 Å². The van der Waals surface area contributed by atoms with Crippen LogP contribution in [0.4, 0.5) is 5.82 Å². The number of hydrogen-bond donors (Lipinski definition) is 2. The molecule has 0 unspecified atom stereocenters. The Morgan fingerprint density at radius 2 is 2.03 bits per heavy atom. The fraction of sp³-hybridized carbons (Fsp3) is 0.667. The number of amides is 3. The van der Waals surface area contributed by atoms with E-state index in [-0.39, 0.29) is 30.3 Å². The summed E-state index contributed by atoms with van der Waals surface area (Å²) in [6, 6.07) is 0.707. The van der Waals surface area contributed by atoms with Crippen LogP contribution < -0.4 is 10.6 Å². The Hall–Kier alpha value is -2.72. The largest absolute Gasteiger partial charge is 0.376 e. The number of anilines is 1. The molecule has 1 spiro atoms. The predicted octanol–water partition coefficient (Wildman–Crippen LogP) is 1.56. The number of rotatable bonds is 5. The lowest BCUT2D eigenvalue weighted by Crippen LogP contribution is -2.58. The molecule has 5 heterocycles. The van der Waals surface area contributed by atoms with Crippen molar-refractivity contribution in [2.75, 3.05) is 18.5 Å². The number of likely N-dealkylation sites (tertiary alicyclic amines) is 1. The predicted molar refractivity (Wildman–Crippen MR) is 121 cm³/mol. The van der Waals surface area contributed by atoms with E-state index < -0.39 is 40.5 Å². The van der Waals surface area contributed by atoms with Gasteiger partial charge in [-0.05, 0) is 47.5 Å². The summed E-state index contributed by atoms with van der Waals surface area (Å²) in [5.41, 5.74) is -2.77. The zero-order chi connectivity index (χ0) is 24.5. The van der Waals surface area contributed by atoms with E-state index >= 15 is 0 Å². The summed E-state index contributed by atoms with van der Waals surface area (Å²) in [6.45, 7) is 10.1. The van der Waals surface area contributed by atoms with Gasteiger partial charge in [-0.15, -0.1) is 0 Å². The van der Waals surface area contributed by atoms with Crippen molar-refractivity contribution in [1.82, 2.24) is 15.4 Å². The van der Waals surface area contributed by atoms with Gasteiger partial charge < -0.3 is 29.5 Å².